The van der Waals surface area contributed by atoms with Crippen LogP contribution in [0.3, 0.4) is 0 Å². The first-order valence-corrected chi connectivity index (χ1v) is 6.53. The van der Waals surface area contributed by atoms with Crippen molar-refractivity contribution in [3.8, 4) is 0 Å². The van der Waals surface area contributed by atoms with E-state index in [9.17, 15) is 10.1 Å². The molecule has 1 unspecified atom stereocenters. The van der Waals surface area contributed by atoms with Gasteiger partial charge < -0.3 is 5.32 Å². The normalized spacial score (nSPS) is 12.1. The maximum Gasteiger partial charge on any atom is 0.269 e. The van der Waals surface area contributed by atoms with Crippen LogP contribution in [-0.4, -0.2) is 16.5 Å². The summed E-state index contributed by atoms with van der Waals surface area (Å²) in [6.07, 6.45) is 4.50. The number of hydrogen-bond acceptors (Lipinski definition) is 4. The van der Waals surface area contributed by atoms with Crippen molar-refractivity contribution in [2.75, 3.05) is 6.54 Å². The number of pyridine rings is 1. The van der Waals surface area contributed by atoms with Gasteiger partial charge in [-0.05, 0) is 43.1 Å². The first-order chi connectivity index (χ1) is 9.66. The molecule has 1 aromatic heterocycles. The van der Waals surface area contributed by atoms with Crippen LogP contribution in [0.15, 0.2) is 48.8 Å². The number of nitro groups is 1. The van der Waals surface area contributed by atoms with Crippen LogP contribution in [0.1, 0.15) is 24.1 Å². The van der Waals surface area contributed by atoms with Gasteiger partial charge in [0.05, 0.1) is 4.92 Å². The monoisotopic (exact) mass is 271 g/mol. The minimum Gasteiger partial charge on any atom is -0.310 e. The minimum absolute atomic E-state index is 0.123. The molecule has 0 fully saturated rings. The zero-order valence-corrected chi connectivity index (χ0v) is 11.3. The summed E-state index contributed by atoms with van der Waals surface area (Å²) in [6.45, 7) is 2.90. The number of nitrogens with zero attached hydrogens (tertiary/aromatic N) is 2. The van der Waals surface area contributed by atoms with Gasteiger partial charge in [-0.3, -0.25) is 15.1 Å². The smallest absolute Gasteiger partial charge is 0.269 e. The van der Waals surface area contributed by atoms with Crippen molar-refractivity contribution in [1.29, 1.82) is 0 Å². The number of hydrogen-bond donors (Lipinski definition) is 1. The molecule has 0 amide bonds. The highest BCUT2D eigenvalue weighted by Gasteiger charge is 2.08. The van der Waals surface area contributed by atoms with Crippen molar-refractivity contribution in [2.24, 2.45) is 0 Å². The standard InChI is InChI=1S/C15H17N3O2/c1-12(14-2-4-15(5-3-14)18(19)20)17-11-8-13-6-9-16-10-7-13/h2-7,9-10,12,17H,8,11H2,1H3. The number of nitrogens with one attached hydrogen (secondary N) is 1. The third-order valence-corrected chi connectivity index (χ3v) is 3.22. The lowest BCUT2D eigenvalue weighted by Gasteiger charge is -2.14. The Morgan fingerprint density at radius 1 is 1.20 bits per heavy atom. The quantitative estimate of drug-likeness (QED) is 0.648. The van der Waals surface area contributed by atoms with E-state index in [1.165, 1.54) is 17.7 Å². The lowest BCUT2D eigenvalue weighted by Crippen LogP contribution is -2.21. The molecule has 2 rings (SSSR count). The predicted octanol–water partition coefficient (Wildman–Crippen LogP) is 2.88. The molecule has 0 aliphatic heterocycles. The predicted molar refractivity (Wildman–Crippen MR) is 77.5 cm³/mol. The molecule has 0 aliphatic carbocycles. The van der Waals surface area contributed by atoms with Crippen LogP contribution in [0.2, 0.25) is 0 Å². The summed E-state index contributed by atoms with van der Waals surface area (Å²) in [7, 11) is 0. The van der Waals surface area contributed by atoms with Gasteiger partial charge in [0.1, 0.15) is 0 Å². The Kier molecular flexibility index (Phi) is 4.79. The van der Waals surface area contributed by atoms with Gasteiger partial charge in [0.25, 0.3) is 5.69 Å². The molecule has 0 saturated heterocycles. The molecule has 0 spiro atoms. The van der Waals surface area contributed by atoms with Crippen molar-refractivity contribution in [2.45, 2.75) is 19.4 Å². The lowest BCUT2D eigenvalue weighted by molar-refractivity contribution is -0.384. The Bertz CT molecular complexity index is 555. The summed E-state index contributed by atoms with van der Waals surface area (Å²) in [4.78, 5) is 14.2. The van der Waals surface area contributed by atoms with Crippen molar-refractivity contribution < 1.29 is 4.92 Å². The van der Waals surface area contributed by atoms with Gasteiger partial charge in [-0.1, -0.05) is 12.1 Å². The van der Waals surface area contributed by atoms with E-state index in [2.05, 4.69) is 10.3 Å². The zero-order valence-electron chi connectivity index (χ0n) is 11.3. The largest absolute Gasteiger partial charge is 0.310 e. The molecule has 1 aromatic carbocycles. The van der Waals surface area contributed by atoms with E-state index >= 15 is 0 Å². The van der Waals surface area contributed by atoms with Crippen molar-refractivity contribution in [1.82, 2.24) is 10.3 Å². The number of nitro benzene ring substituents is 1. The van der Waals surface area contributed by atoms with Crippen LogP contribution in [0.5, 0.6) is 0 Å². The SMILES string of the molecule is CC(NCCc1ccncc1)c1ccc([N+](=O)[O-])cc1. The van der Waals surface area contributed by atoms with E-state index in [0.29, 0.717) is 0 Å². The van der Waals surface area contributed by atoms with Crippen molar-refractivity contribution in [3.63, 3.8) is 0 Å². The van der Waals surface area contributed by atoms with E-state index in [0.717, 1.165) is 18.5 Å². The highest BCUT2D eigenvalue weighted by Crippen LogP contribution is 2.17. The summed E-state index contributed by atoms with van der Waals surface area (Å²) in [5.74, 6) is 0. The summed E-state index contributed by atoms with van der Waals surface area (Å²) in [5, 5.41) is 14.0. The molecule has 0 saturated carbocycles. The van der Waals surface area contributed by atoms with Gasteiger partial charge in [0.15, 0.2) is 0 Å². The Labute approximate surface area is 117 Å². The third kappa shape index (κ3) is 3.86. The molecule has 5 nitrogen and oxygen atoms in total. The van der Waals surface area contributed by atoms with Gasteiger partial charge >= 0.3 is 0 Å². The first-order valence-electron chi connectivity index (χ1n) is 6.53. The third-order valence-electron chi connectivity index (χ3n) is 3.22. The summed E-state index contributed by atoms with van der Waals surface area (Å²) >= 11 is 0. The van der Waals surface area contributed by atoms with Crippen LogP contribution in [0.4, 0.5) is 5.69 Å². The summed E-state index contributed by atoms with van der Waals surface area (Å²) in [5.41, 5.74) is 2.41. The minimum atomic E-state index is -0.384. The van der Waals surface area contributed by atoms with Crippen LogP contribution in [-0.2, 0) is 6.42 Å². The highest BCUT2D eigenvalue weighted by atomic mass is 16.6. The molecule has 0 aliphatic rings. The molecule has 0 radical (unpaired) electrons. The van der Waals surface area contributed by atoms with Crippen LogP contribution in [0, 0.1) is 10.1 Å². The summed E-state index contributed by atoms with van der Waals surface area (Å²) in [6, 6.07) is 10.8. The van der Waals surface area contributed by atoms with Crippen LogP contribution < -0.4 is 5.32 Å². The van der Waals surface area contributed by atoms with E-state index in [1.54, 1.807) is 24.5 Å². The molecule has 104 valence electrons. The topological polar surface area (TPSA) is 68.1 Å². The first kappa shape index (κ1) is 14.1. The van der Waals surface area contributed by atoms with E-state index < -0.39 is 0 Å². The molecular weight excluding hydrogens is 254 g/mol. The summed E-state index contributed by atoms with van der Waals surface area (Å²) < 4.78 is 0. The van der Waals surface area contributed by atoms with Crippen LogP contribution in [0.25, 0.3) is 0 Å². The second-order valence-corrected chi connectivity index (χ2v) is 4.63. The lowest BCUT2D eigenvalue weighted by atomic mass is 10.1. The zero-order chi connectivity index (χ0) is 14.4. The second-order valence-electron chi connectivity index (χ2n) is 4.63. The van der Waals surface area contributed by atoms with E-state index in [1.807, 2.05) is 19.1 Å². The highest BCUT2D eigenvalue weighted by molar-refractivity contribution is 5.34. The molecule has 5 heteroatoms. The fraction of sp³-hybridized carbons (Fsp3) is 0.267. The Balaban J connectivity index is 1.85. The maximum absolute atomic E-state index is 10.6. The van der Waals surface area contributed by atoms with E-state index in [-0.39, 0.29) is 16.7 Å². The Morgan fingerprint density at radius 2 is 1.85 bits per heavy atom. The number of non-ortho nitro benzene ring substituents is 1. The van der Waals surface area contributed by atoms with Crippen LogP contribution >= 0.6 is 0 Å². The van der Waals surface area contributed by atoms with Gasteiger partial charge in [-0.25, -0.2) is 0 Å². The molecule has 1 heterocycles. The number of benzene rings is 1. The molecule has 1 atom stereocenters. The Morgan fingerprint density at radius 3 is 2.45 bits per heavy atom. The fourth-order valence-corrected chi connectivity index (χ4v) is 1.99. The van der Waals surface area contributed by atoms with Gasteiger partial charge in [-0.15, -0.1) is 0 Å². The number of rotatable bonds is 6. The van der Waals surface area contributed by atoms with Crippen molar-refractivity contribution in [3.05, 3.63) is 70.0 Å². The van der Waals surface area contributed by atoms with E-state index in [4.69, 9.17) is 0 Å². The molecule has 0 bridgehead atoms. The molecule has 1 N–H and O–H groups in total. The Hall–Kier alpha value is -2.27. The van der Waals surface area contributed by atoms with Gasteiger partial charge in [0, 0.05) is 30.6 Å². The fourth-order valence-electron chi connectivity index (χ4n) is 1.99. The second kappa shape index (κ2) is 6.77. The number of aromatic nitrogens is 1. The molecular formula is C15H17N3O2. The average Bonchev–Trinajstić information content (AvgIpc) is 2.48. The maximum atomic E-state index is 10.6. The van der Waals surface area contributed by atoms with Crippen molar-refractivity contribution >= 4 is 5.69 Å². The van der Waals surface area contributed by atoms with Gasteiger partial charge in [0.2, 0.25) is 0 Å². The van der Waals surface area contributed by atoms with Gasteiger partial charge in [-0.2, -0.15) is 0 Å². The molecule has 2 aromatic rings. The molecule has 20 heavy (non-hydrogen) atoms. The average molecular weight is 271 g/mol.